The molecule has 2 aromatic carbocycles. The first kappa shape index (κ1) is 21.8. The number of benzene rings is 2. The van der Waals surface area contributed by atoms with Gasteiger partial charge in [-0.25, -0.2) is 4.79 Å². The summed E-state index contributed by atoms with van der Waals surface area (Å²) in [5, 5.41) is 11.6. The third kappa shape index (κ3) is 5.01. The number of hydrogen-bond acceptors (Lipinski definition) is 5. The number of amides is 1. The summed E-state index contributed by atoms with van der Waals surface area (Å²) in [6.07, 6.45) is -0.238. The summed E-state index contributed by atoms with van der Waals surface area (Å²) in [6.45, 7) is 4.23. The Balaban J connectivity index is 1.62. The summed E-state index contributed by atoms with van der Waals surface area (Å²) < 4.78 is 8.49. The number of imidazole rings is 1. The normalized spacial score (nSPS) is 11.6. The minimum Gasteiger partial charge on any atom is -0.452 e. The lowest BCUT2D eigenvalue weighted by molar-refractivity contribution is -0.153. The highest BCUT2D eigenvalue weighted by Gasteiger charge is 2.19. The SMILES string of the molecule is CCCn1c(=O)n(CCC(=O)O[C@@H](C)C(=O)Nc2cccc(C#N)c2)c2ccccc21. The Hall–Kier alpha value is -3.86. The quantitative estimate of drug-likeness (QED) is 0.564. The second kappa shape index (κ2) is 9.76. The largest absolute Gasteiger partial charge is 0.452 e. The predicted octanol–water partition coefficient (Wildman–Crippen LogP) is 3.05. The second-order valence-electron chi connectivity index (χ2n) is 7.14. The van der Waals surface area contributed by atoms with E-state index in [4.69, 9.17) is 10.00 Å². The van der Waals surface area contributed by atoms with Gasteiger partial charge in [0.15, 0.2) is 6.10 Å². The number of fused-ring (bicyclic) bond motifs is 1. The summed E-state index contributed by atoms with van der Waals surface area (Å²) in [5.74, 6) is -1.08. The number of nitriles is 1. The first-order valence-corrected chi connectivity index (χ1v) is 10.1. The van der Waals surface area contributed by atoms with E-state index in [2.05, 4.69) is 5.32 Å². The van der Waals surface area contributed by atoms with E-state index in [0.717, 1.165) is 17.5 Å². The zero-order valence-corrected chi connectivity index (χ0v) is 17.5. The van der Waals surface area contributed by atoms with Crippen LogP contribution in [0.3, 0.4) is 0 Å². The van der Waals surface area contributed by atoms with E-state index in [1.807, 2.05) is 37.3 Å². The Morgan fingerprint density at radius 1 is 1.10 bits per heavy atom. The minimum absolute atomic E-state index is 0.0401. The maximum atomic E-state index is 12.8. The number of nitrogens with zero attached hydrogens (tertiary/aromatic N) is 3. The molecule has 8 heteroatoms. The molecule has 31 heavy (non-hydrogen) atoms. The molecule has 0 saturated heterocycles. The Kier molecular flexibility index (Phi) is 6.88. The van der Waals surface area contributed by atoms with Crippen molar-refractivity contribution >= 4 is 28.6 Å². The number of rotatable bonds is 8. The van der Waals surface area contributed by atoms with E-state index in [9.17, 15) is 14.4 Å². The van der Waals surface area contributed by atoms with E-state index in [1.54, 1.807) is 27.3 Å². The summed E-state index contributed by atoms with van der Waals surface area (Å²) in [5.41, 5.74) is 2.28. The second-order valence-corrected chi connectivity index (χ2v) is 7.14. The van der Waals surface area contributed by atoms with Crippen molar-refractivity contribution in [2.75, 3.05) is 5.32 Å². The molecule has 0 aliphatic heterocycles. The smallest absolute Gasteiger partial charge is 0.329 e. The molecule has 0 aliphatic rings. The van der Waals surface area contributed by atoms with Crippen LogP contribution in [0, 0.1) is 11.3 Å². The van der Waals surface area contributed by atoms with Crippen LogP contribution in [-0.4, -0.2) is 27.1 Å². The number of esters is 1. The molecule has 160 valence electrons. The van der Waals surface area contributed by atoms with Crippen molar-refractivity contribution in [3.63, 3.8) is 0 Å². The fourth-order valence-corrected chi connectivity index (χ4v) is 3.35. The van der Waals surface area contributed by atoms with Crippen LogP contribution in [0.15, 0.2) is 53.3 Å². The highest BCUT2D eigenvalue weighted by molar-refractivity contribution is 5.95. The highest BCUT2D eigenvalue weighted by Crippen LogP contribution is 2.14. The number of para-hydroxylation sites is 2. The van der Waals surface area contributed by atoms with Crippen LogP contribution >= 0.6 is 0 Å². The van der Waals surface area contributed by atoms with Crippen LogP contribution in [0.5, 0.6) is 0 Å². The maximum absolute atomic E-state index is 12.8. The van der Waals surface area contributed by atoms with Crippen molar-refractivity contribution in [2.24, 2.45) is 0 Å². The Morgan fingerprint density at radius 3 is 2.42 bits per heavy atom. The topological polar surface area (TPSA) is 106 Å². The average molecular weight is 420 g/mol. The lowest BCUT2D eigenvalue weighted by Gasteiger charge is -2.14. The standard InChI is InChI=1S/C23H24N4O4/c1-3-12-26-19-9-4-5-10-20(19)27(23(26)30)13-11-21(28)31-16(2)22(29)25-18-8-6-7-17(14-18)15-24/h4-10,14,16H,3,11-13H2,1-2H3,(H,25,29)/t16-/m0/s1. The first-order chi connectivity index (χ1) is 14.9. The molecule has 1 atom stereocenters. The van der Waals surface area contributed by atoms with E-state index in [-0.39, 0.29) is 18.7 Å². The Labute approximate surface area is 179 Å². The van der Waals surface area contributed by atoms with Crippen LogP contribution < -0.4 is 11.0 Å². The number of anilines is 1. The molecule has 0 spiro atoms. The molecule has 1 amide bonds. The number of hydrogen-bond donors (Lipinski definition) is 1. The van der Waals surface area contributed by atoms with E-state index in [0.29, 0.717) is 17.8 Å². The number of nitrogens with one attached hydrogen (secondary N) is 1. The van der Waals surface area contributed by atoms with Gasteiger partial charge < -0.3 is 10.1 Å². The fourth-order valence-electron chi connectivity index (χ4n) is 3.35. The highest BCUT2D eigenvalue weighted by atomic mass is 16.5. The zero-order valence-electron chi connectivity index (χ0n) is 17.5. The van der Waals surface area contributed by atoms with Crippen LogP contribution in [-0.2, 0) is 27.4 Å². The average Bonchev–Trinajstić information content (AvgIpc) is 3.03. The molecule has 3 aromatic rings. The van der Waals surface area contributed by atoms with E-state index in [1.165, 1.54) is 13.0 Å². The molecule has 3 rings (SSSR count). The molecule has 1 aromatic heterocycles. The summed E-state index contributed by atoms with van der Waals surface area (Å²) in [6, 6.07) is 15.9. The molecule has 1 heterocycles. The number of aromatic nitrogens is 2. The molecular formula is C23H24N4O4. The molecule has 0 fully saturated rings. The van der Waals surface area contributed by atoms with Gasteiger partial charge in [0.25, 0.3) is 5.91 Å². The molecule has 1 N–H and O–H groups in total. The minimum atomic E-state index is -1.02. The lowest BCUT2D eigenvalue weighted by Crippen LogP contribution is -2.31. The molecule has 8 nitrogen and oxygen atoms in total. The van der Waals surface area contributed by atoms with Gasteiger partial charge in [-0.1, -0.05) is 25.1 Å². The van der Waals surface area contributed by atoms with Gasteiger partial charge in [-0.15, -0.1) is 0 Å². The molecule has 0 saturated carbocycles. The number of carbonyl (C=O) groups excluding carboxylic acids is 2. The monoisotopic (exact) mass is 420 g/mol. The van der Waals surface area contributed by atoms with Crippen molar-refractivity contribution in [3.05, 3.63) is 64.6 Å². The van der Waals surface area contributed by atoms with Crippen molar-refractivity contribution in [2.45, 2.75) is 45.9 Å². The first-order valence-electron chi connectivity index (χ1n) is 10.1. The van der Waals surface area contributed by atoms with Gasteiger partial charge in [0.1, 0.15) is 0 Å². The van der Waals surface area contributed by atoms with E-state index >= 15 is 0 Å². The summed E-state index contributed by atoms with van der Waals surface area (Å²) in [7, 11) is 0. The van der Waals surface area contributed by atoms with Gasteiger partial charge in [-0.3, -0.25) is 18.7 Å². The van der Waals surface area contributed by atoms with Crippen molar-refractivity contribution in [1.82, 2.24) is 9.13 Å². The van der Waals surface area contributed by atoms with Crippen molar-refractivity contribution in [1.29, 1.82) is 5.26 Å². The molecule has 0 unspecified atom stereocenters. The number of ether oxygens (including phenoxy) is 1. The fraction of sp³-hybridized carbons (Fsp3) is 0.304. The van der Waals surface area contributed by atoms with Crippen LogP contribution in [0.2, 0.25) is 0 Å². The van der Waals surface area contributed by atoms with Gasteiger partial charge in [0.2, 0.25) is 0 Å². The van der Waals surface area contributed by atoms with Gasteiger partial charge in [0, 0.05) is 18.8 Å². The van der Waals surface area contributed by atoms with Crippen LogP contribution in [0.1, 0.15) is 32.3 Å². The van der Waals surface area contributed by atoms with Gasteiger partial charge >= 0.3 is 11.7 Å². The van der Waals surface area contributed by atoms with Crippen LogP contribution in [0.4, 0.5) is 5.69 Å². The van der Waals surface area contributed by atoms with Crippen molar-refractivity contribution < 1.29 is 14.3 Å². The predicted molar refractivity (Wildman–Crippen MR) is 116 cm³/mol. The Morgan fingerprint density at radius 2 is 1.77 bits per heavy atom. The zero-order chi connectivity index (χ0) is 22.4. The number of carbonyl (C=O) groups is 2. The molecule has 0 bridgehead atoms. The third-order valence-corrected chi connectivity index (χ3v) is 4.85. The summed E-state index contributed by atoms with van der Waals surface area (Å²) in [4.78, 5) is 37.4. The van der Waals surface area contributed by atoms with E-state index < -0.39 is 18.0 Å². The lowest BCUT2D eigenvalue weighted by atomic mass is 10.2. The molecular weight excluding hydrogens is 396 g/mol. The third-order valence-electron chi connectivity index (χ3n) is 4.85. The van der Waals surface area contributed by atoms with Gasteiger partial charge in [0.05, 0.1) is 29.1 Å². The molecule has 0 radical (unpaired) electrons. The van der Waals surface area contributed by atoms with Crippen molar-refractivity contribution in [3.8, 4) is 6.07 Å². The van der Waals surface area contributed by atoms with Gasteiger partial charge in [-0.05, 0) is 43.7 Å². The number of aryl methyl sites for hydroxylation is 2. The maximum Gasteiger partial charge on any atom is 0.329 e. The van der Waals surface area contributed by atoms with Crippen LogP contribution in [0.25, 0.3) is 11.0 Å². The molecule has 0 aliphatic carbocycles. The summed E-state index contributed by atoms with van der Waals surface area (Å²) >= 11 is 0. The Bertz CT molecular complexity index is 1200. The van der Waals surface area contributed by atoms with Gasteiger partial charge in [-0.2, -0.15) is 5.26 Å².